The summed E-state index contributed by atoms with van der Waals surface area (Å²) >= 11 is 0. The first kappa shape index (κ1) is 24.6. The monoisotopic (exact) mass is 532 g/mol. The van der Waals surface area contributed by atoms with Gasteiger partial charge in [-0.25, -0.2) is 4.39 Å². The summed E-state index contributed by atoms with van der Waals surface area (Å²) < 4.78 is 13.1. The van der Waals surface area contributed by atoms with E-state index in [0.29, 0.717) is 12.5 Å². The number of piperazine rings is 1. The van der Waals surface area contributed by atoms with Gasteiger partial charge >= 0.3 is 0 Å². The molecular formula is C21H34FIN6O. The maximum atomic E-state index is 13.1. The lowest BCUT2D eigenvalue weighted by atomic mass is 10.2. The van der Waals surface area contributed by atoms with E-state index in [1.807, 2.05) is 26.2 Å². The number of carbonyl (C=O) groups is 1. The zero-order valence-electron chi connectivity index (χ0n) is 18.0. The summed E-state index contributed by atoms with van der Waals surface area (Å²) in [5, 5.41) is 0. The Morgan fingerprint density at radius 3 is 2.47 bits per heavy atom. The number of benzene rings is 1. The van der Waals surface area contributed by atoms with Gasteiger partial charge in [0.05, 0.1) is 6.04 Å². The van der Waals surface area contributed by atoms with E-state index in [4.69, 9.17) is 5.73 Å². The highest BCUT2D eigenvalue weighted by atomic mass is 127. The van der Waals surface area contributed by atoms with Gasteiger partial charge in [-0.2, -0.15) is 0 Å². The molecule has 1 aromatic carbocycles. The summed E-state index contributed by atoms with van der Waals surface area (Å²) in [6.07, 6.45) is 2.92. The number of nitrogens with two attached hydrogens (primary N) is 1. The molecule has 3 rings (SSSR count). The second kappa shape index (κ2) is 11.7. The highest BCUT2D eigenvalue weighted by Gasteiger charge is 2.31. The van der Waals surface area contributed by atoms with Gasteiger partial charge in [-0.15, -0.1) is 24.0 Å². The van der Waals surface area contributed by atoms with Crippen LogP contribution in [0.1, 0.15) is 19.3 Å². The van der Waals surface area contributed by atoms with Crippen LogP contribution in [0.3, 0.4) is 0 Å². The zero-order valence-corrected chi connectivity index (χ0v) is 20.3. The topological polar surface area (TPSA) is 68.4 Å². The van der Waals surface area contributed by atoms with Crippen molar-refractivity contribution in [3.63, 3.8) is 0 Å². The number of guanidine groups is 1. The normalized spacial score (nSPS) is 20.2. The fourth-order valence-corrected chi connectivity index (χ4v) is 4.08. The van der Waals surface area contributed by atoms with Crippen molar-refractivity contribution in [1.82, 2.24) is 14.7 Å². The lowest BCUT2D eigenvalue weighted by Gasteiger charge is -2.36. The molecule has 1 aromatic rings. The summed E-state index contributed by atoms with van der Waals surface area (Å²) in [4.78, 5) is 25.1. The molecule has 0 radical (unpaired) electrons. The molecule has 1 atom stereocenters. The Hall–Kier alpha value is -1.62. The van der Waals surface area contributed by atoms with Crippen molar-refractivity contribution in [3.05, 3.63) is 30.1 Å². The maximum Gasteiger partial charge on any atom is 0.239 e. The molecule has 1 amide bonds. The van der Waals surface area contributed by atoms with Gasteiger partial charge in [0, 0.05) is 59.1 Å². The average Bonchev–Trinajstić information content (AvgIpc) is 3.19. The van der Waals surface area contributed by atoms with Gasteiger partial charge in [0.2, 0.25) is 5.91 Å². The second-order valence-electron chi connectivity index (χ2n) is 7.97. The van der Waals surface area contributed by atoms with Gasteiger partial charge in [0.1, 0.15) is 5.82 Å². The lowest BCUT2D eigenvalue weighted by molar-refractivity contribution is -0.133. The molecule has 2 fully saturated rings. The fourth-order valence-electron chi connectivity index (χ4n) is 4.08. The number of amides is 1. The first-order valence-corrected chi connectivity index (χ1v) is 10.5. The molecule has 1 unspecified atom stereocenters. The molecular weight excluding hydrogens is 498 g/mol. The molecule has 0 spiro atoms. The van der Waals surface area contributed by atoms with E-state index < -0.39 is 0 Å². The highest BCUT2D eigenvalue weighted by molar-refractivity contribution is 14.0. The van der Waals surface area contributed by atoms with Crippen LogP contribution in [0.5, 0.6) is 0 Å². The van der Waals surface area contributed by atoms with Crippen LogP contribution in [-0.2, 0) is 4.79 Å². The van der Waals surface area contributed by atoms with Crippen LogP contribution >= 0.6 is 24.0 Å². The van der Waals surface area contributed by atoms with Crippen LogP contribution in [0.4, 0.5) is 10.1 Å². The van der Waals surface area contributed by atoms with Gasteiger partial charge < -0.3 is 20.4 Å². The Morgan fingerprint density at radius 2 is 1.83 bits per heavy atom. The number of hydrogen-bond acceptors (Lipinski definition) is 4. The van der Waals surface area contributed by atoms with E-state index in [-0.39, 0.29) is 41.7 Å². The van der Waals surface area contributed by atoms with Gasteiger partial charge in [0.25, 0.3) is 0 Å². The minimum Gasteiger partial charge on any atom is -0.370 e. The van der Waals surface area contributed by atoms with Crippen molar-refractivity contribution in [2.75, 3.05) is 64.8 Å². The third kappa shape index (κ3) is 6.44. The summed E-state index contributed by atoms with van der Waals surface area (Å²) in [5.74, 6) is 0.575. The van der Waals surface area contributed by atoms with Gasteiger partial charge in [-0.1, -0.05) is 0 Å². The summed E-state index contributed by atoms with van der Waals surface area (Å²) in [7, 11) is 3.64. The van der Waals surface area contributed by atoms with Gasteiger partial charge in [0.15, 0.2) is 5.96 Å². The molecule has 0 saturated carbocycles. The predicted octanol–water partition coefficient (Wildman–Crippen LogP) is 1.82. The van der Waals surface area contributed by atoms with Crippen LogP contribution < -0.4 is 10.6 Å². The number of anilines is 1. The van der Waals surface area contributed by atoms with Crippen LogP contribution in [0.2, 0.25) is 0 Å². The third-order valence-electron chi connectivity index (χ3n) is 5.76. The fraction of sp³-hybridized carbons (Fsp3) is 0.619. The summed E-state index contributed by atoms with van der Waals surface area (Å²) in [6, 6.07) is 6.64. The van der Waals surface area contributed by atoms with Gasteiger partial charge in [-0.3, -0.25) is 14.7 Å². The predicted molar refractivity (Wildman–Crippen MR) is 130 cm³/mol. The van der Waals surface area contributed by atoms with Crippen molar-refractivity contribution in [1.29, 1.82) is 0 Å². The number of likely N-dealkylation sites (tertiary alicyclic amines) is 1. The smallest absolute Gasteiger partial charge is 0.239 e. The van der Waals surface area contributed by atoms with Crippen molar-refractivity contribution in [3.8, 4) is 0 Å². The maximum absolute atomic E-state index is 13.1. The van der Waals surface area contributed by atoms with Crippen LogP contribution in [-0.4, -0.2) is 92.5 Å². The largest absolute Gasteiger partial charge is 0.370 e. The molecule has 2 aliphatic rings. The SMILES string of the molecule is CN(C)C(=O)C1CCCN1CCCN=C(N)N1CCN(c2ccc(F)cc2)CC1.I. The Kier molecular flexibility index (Phi) is 9.60. The number of rotatable bonds is 6. The molecule has 2 saturated heterocycles. The number of hydrogen-bond donors (Lipinski definition) is 1. The lowest BCUT2D eigenvalue weighted by Crippen LogP contribution is -2.51. The van der Waals surface area contributed by atoms with Crippen molar-refractivity contribution >= 4 is 41.5 Å². The van der Waals surface area contributed by atoms with E-state index in [1.54, 1.807) is 4.90 Å². The molecule has 0 bridgehead atoms. The Balaban J connectivity index is 0.00000320. The van der Waals surface area contributed by atoms with Gasteiger partial charge in [-0.05, 0) is 50.1 Å². The minimum absolute atomic E-state index is 0. The van der Waals surface area contributed by atoms with E-state index >= 15 is 0 Å². The molecule has 7 nitrogen and oxygen atoms in total. The molecule has 9 heteroatoms. The Bertz CT molecular complexity index is 706. The number of nitrogens with zero attached hydrogens (tertiary/aromatic N) is 5. The third-order valence-corrected chi connectivity index (χ3v) is 5.76. The van der Waals surface area contributed by atoms with Crippen LogP contribution in [0, 0.1) is 5.82 Å². The number of carbonyl (C=O) groups excluding carboxylic acids is 1. The number of halogens is 2. The van der Waals surface area contributed by atoms with E-state index in [2.05, 4.69) is 19.7 Å². The number of likely N-dealkylation sites (N-methyl/N-ethyl adjacent to an activating group) is 1. The quantitative estimate of drug-likeness (QED) is 0.262. The van der Waals surface area contributed by atoms with E-state index in [9.17, 15) is 9.18 Å². The standard InChI is InChI=1S/C21H33FN6O.HI/c1-25(2)20(29)19-5-3-11-27(19)12-4-10-24-21(23)28-15-13-26(14-16-28)18-8-6-17(22)7-9-18;/h6-9,19H,3-5,10-16H2,1-2H3,(H2,23,24);1H. The highest BCUT2D eigenvalue weighted by Crippen LogP contribution is 2.19. The Morgan fingerprint density at radius 1 is 1.17 bits per heavy atom. The van der Waals surface area contributed by atoms with Crippen molar-refractivity contribution in [2.24, 2.45) is 10.7 Å². The van der Waals surface area contributed by atoms with E-state index in [0.717, 1.165) is 64.2 Å². The number of aliphatic imine (C=N–C) groups is 1. The Labute approximate surface area is 196 Å². The average molecular weight is 532 g/mol. The molecule has 0 aliphatic carbocycles. The first-order valence-electron chi connectivity index (χ1n) is 10.5. The molecule has 2 aliphatic heterocycles. The molecule has 2 N–H and O–H groups in total. The van der Waals surface area contributed by atoms with Crippen molar-refractivity contribution < 1.29 is 9.18 Å². The summed E-state index contributed by atoms with van der Waals surface area (Å²) in [6.45, 7) is 5.81. The summed E-state index contributed by atoms with van der Waals surface area (Å²) in [5.41, 5.74) is 7.23. The first-order chi connectivity index (χ1) is 14.0. The van der Waals surface area contributed by atoms with E-state index in [1.165, 1.54) is 12.1 Å². The van der Waals surface area contributed by atoms with Crippen LogP contribution in [0.15, 0.2) is 29.3 Å². The molecule has 168 valence electrons. The zero-order chi connectivity index (χ0) is 20.8. The second-order valence-corrected chi connectivity index (χ2v) is 7.97. The van der Waals surface area contributed by atoms with Crippen molar-refractivity contribution in [2.45, 2.75) is 25.3 Å². The molecule has 2 heterocycles. The van der Waals surface area contributed by atoms with Crippen LogP contribution in [0.25, 0.3) is 0 Å². The molecule has 30 heavy (non-hydrogen) atoms. The minimum atomic E-state index is -0.213. The molecule has 0 aromatic heterocycles.